The van der Waals surface area contributed by atoms with Crippen molar-refractivity contribution in [3.63, 3.8) is 0 Å². The summed E-state index contributed by atoms with van der Waals surface area (Å²) in [5.41, 5.74) is 8.25. The van der Waals surface area contributed by atoms with Gasteiger partial charge in [0.2, 0.25) is 0 Å². The molecule has 68 valence electrons. The van der Waals surface area contributed by atoms with Crippen LogP contribution in [0.15, 0.2) is 29.0 Å². The summed E-state index contributed by atoms with van der Waals surface area (Å²) in [6.45, 7) is 5.83. The van der Waals surface area contributed by atoms with E-state index in [1.807, 2.05) is 12.3 Å². The first-order chi connectivity index (χ1) is 5.20. The van der Waals surface area contributed by atoms with Crippen molar-refractivity contribution in [1.29, 1.82) is 0 Å². The van der Waals surface area contributed by atoms with Gasteiger partial charge in [-0.3, -0.25) is 0 Å². The Hall–Kier alpha value is -0.310. The van der Waals surface area contributed by atoms with Crippen molar-refractivity contribution in [3.8, 4) is 0 Å². The second-order valence-corrected chi connectivity index (χ2v) is 3.60. The van der Waals surface area contributed by atoms with E-state index in [2.05, 4.69) is 18.0 Å². The van der Waals surface area contributed by atoms with Gasteiger partial charge in [-0.05, 0) is 35.7 Å². The Morgan fingerprint density at radius 3 is 2.83 bits per heavy atom. The molecule has 1 rings (SSSR count). The van der Waals surface area contributed by atoms with E-state index in [1.165, 1.54) is 5.56 Å². The Kier molecular flexibility index (Phi) is 5.22. The van der Waals surface area contributed by atoms with Gasteiger partial charge in [0.25, 0.3) is 0 Å². The zero-order chi connectivity index (χ0) is 8.27. The Labute approximate surface area is 83.7 Å². The lowest BCUT2D eigenvalue weighted by molar-refractivity contribution is 0.720. The molecule has 0 aromatic carbocycles. The molecule has 0 bridgehead atoms. The van der Waals surface area contributed by atoms with E-state index in [4.69, 9.17) is 5.73 Å². The minimum Gasteiger partial charge on any atom is -0.324 e. The maximum absolute atomic E-state index is 5.89. The molecule has 0 unspecified atom stereocenters. The van der Waals surface area contributed by atoms with E-state index >= 15 is 0 Å². The number of hydrogen-bond acceptors (Lipinski definition) is 2. The van der Waals surface area contributed by atoms with Crippen LogP contribution in [0.5, 0.6) is 0 Å². The molecule has 0 saturated carbocycles. The zero-order valence-corrected chi connectivity index (χ0v) is 8.75. The number of halogens is 1. The Morgan fingerprint density at radius 2 is 2.42 bits per heavy atom. The second kappa shape index (κ2) is 5.36. The molecule has 1 aromatic rings. The summed E-state index contributed by atoms with van der Waals surface area (Å²) < 4.78 is 0. The maximum Gasteiger partial charge on any atom is 0.0340 e. The SMILES string of the molecule is C=C(C)C[C@@H](N)c1ccsc1.Cl. The predicted molar refractivity (Wildman–Crippen MR) is 57.9 cm³/mol. The molecule has 2 N–H and O–H groups in total. The summed E-state index contributed by atoms with van der Waals surface area (Å²) in [6, 6.07) is 2.21. The second-order valence-electron chi connectivity index (χ2n) is 2.82. The van der Waals surface area contributed by atoms with Gasteiger partial charge in [0.15, 0.2) is 0 Å². The Morgan fingerprint density at radius 1 is 1.75 bits per heavy atom. The van der Waals surface area contributed by atoms with E-state index in [0.29, 0.717) is 0 Å². The van der Waals surface area contributed by atoms with Crippen LogP contribution in [0.4, 0.5) is 0 Å². The van der Waals surface area contributed by atoms with Gasteiger partial charge in [-0.1, -0.05) is 5.57 Å². The van der Waals surface area contributed by atoms with Gasteiger partial charge in [0, 0.05) is 6.04 Å². The summed E-state index contributed by atoms with van der Waals surface area (Å²) in [5.74, 6) is 0. The predicted octanol–water partition coefficient (Wildman–Crippen LogP) is 3.14. The van der Waals surface area contributed by atoms with Gasteiger partial charge < -0.3 is 5.73 Å². The third kappa shape index (κ3) is 3.39. The average Bonchev–Trinajstić information content (AvgIpc) is 2.35. The molecule has 0 saturated heterocycles. The summed E-state index contributed by atoms with van der Waals surface area (Å²) >= 11 is 1.69. The molecule has 12 heavy (non-hydrogen) atoms. The largest absolute Gasteiger partial charge is 0.324 e. The first kappa shape index (κ1) is 11.7. The van der Waals surface area contributed by atoms with Gasteiger partial charge >= 0.3 is 0 Å². The first-order valence-corrected chi connectivity index (χ1v) is 4.56. The van der Waals surface area contributed by atoms with Crippen molar-refractivity contribution in [2.45, 2.75) is 19.4 Å². The van der Waals surface area contributed by atoms with Crippen LogP contribution in [0.1, 0.15) is 24.9 Å². The normalized spacial score (nSPS) is 11.8. The van der Waals surface area contributed by atoms with Gasteiger partial charge in [-0.2, -0.15) is 11.3 Å². The van der Waals surface area contributed by atoms with E-state index in [1.54, 1.807) is 11.3 Å². The molecular weight excluding hydrogens is 190 g/mol. The highest BCUT2D eigenvalue weighted by atomic mass is 35.5. The van der Waals surface area contributed by atoms with E-state index < -0.39 is 0 Å². The lowest BCUT2D eigenvalue weighted by Gasteiger charge is -2.08. The Bertz CT molecular complexity index is 231. The number of hydrogen-bond donors (Lipinski definition) is 1. The monoisotopic (exact) mass is 203 g/mol. The van der Waals surface area contributed by atoms with Crippen molar-refractivity contribution in [2.75, 3.05) is 0 Å². The molecular formula is C9H14ClNS. The smallest absolute Gasteiger partial charge is 0.0340 e. The van der Waals surface area contributed by atoms with Crippen LogP contribution in [0.25, 0.3) is 0 Å². The topological polar surface area (TPSA) is 26.0 Å². The highest BCUT2D eigenvalue weighted by molar-refractivity contribution is 7.07. The van der Waals surface area contributed by atoms with Crippen LogP contribution in [0, 0.1) is 0 Å². The van der Waals surface area contributed by atoms with Crippen LogP contribution in [0.2, 0.25) is 0 Å². The molecule has 0 amide bonds. The number of thiophene rings is 1. The van der Waals surface area contributed by atoms with Crippen LogP contribution in [-0.4, -0.2) is 0 Å². The Balaban J connectivity index is 0.00000121. The lowest BCUT2D eigenvalue weighted by Crippen LogP contribution is -2.08. The molecule has 1 nitrogen and oxygen atoms in total. The third-order valence-electron chi connectivity index (χ3n) is 1.54. The molecule has 0 aliphatic rings. The zero-order valence-electron chi connectivity index (χ0n) is 7.12. The van der Waals surface area contributed by atoms with E-state index in [9.17, 15) is 0 Å². The van der Waals surface area contributed by atoms with Gasteiger partial charge in [0.1, 0.15) is 0 Å². The fraction of sp³-hybridized carbons (Fsp3) is 0.333. The van der Waals surface area contributed by atoms with Crippen molar-refractivity contribution < 1.29 is 0 Å². The van der Waals surface area contributed by atoms with Gasteiger partial charge in [0.05, 0.1) is 0 Å². The summed E-state index contributed by atoms with van der Waals surface area (Å²) in [6.07, 6.45) is 0.886. The molecule has 0 aliphatic heterocycles. The quantitative estimate of drug-likeness (QED) is 0.751. The van der Waals surface area contributed by atoms with Crippen molar-refractivity contribution in [2.24, 2.45) is 5.73 Å². The van der Waals surface area contributed by atoms with E-state index in [0.717, 1.165) is 12.0 Å². The molecule has 0 aliphatic carbocycles. The average molecular weight is 204 g/mol. The standard InChI is InChI=1S/C9H13NS.ClH/c1-7(2)5-9(10)8-3-4-11-6-8;/h3-4,6,9H,1,5,10H2,2H3;1H/t9-;/m1./s1. The van der Waals surface area contributed by atoms with Crippen LogP contribution >= 0.6 is 23.7 Å². The highest BCUT2D eigenvalue weighted by Gasteiger charge is 2.04. The summed E-state index contributed by atoms with van der Waals surface area (Å²) in [5, 5.41) is 4.14. The summed E-state index contributed by atoms with van der Waals surface area (Å²) in [4.78, 5) is 0. The molecule has 1 aromatic heterocycles. The molecule has 0 radical (unpaired) electrons. The minimum absolute atomic E-state index is 0. The van der Waals surface area contributed by atoms with Crippen molar-refractivity contribution >= 4 is 23.7 Å². The van der Waals surface area contributed by atoms with Crippen molar-refractivity contribution in [3.05, 3.63) is 34.5 Å². The molecule has 0 fully saturated rings. The van der Waals surface area contributed by atoms with Gasteiger partial charge in [-0.15, -0.1) is 19.0 Å². The van der Waals surface area contributed by atoms with Gasteiger partial charge in [-0.25, -0.2) is 0 Å². The van der Waals surface area contributed by atoms with Crippen LogP contribution in [-0.2, 0) is 0 Å². The first-order valence-electron chi connectivity index (χ1n) is 3.62. The third-order valence-corrected chi connectivity index (χ3v) is 2.24. The van der Waals surface area contributed by atoms with Crippen LogP contribution < -0.4 is 5.73 Å². The highest BCUT2D eigenvalue weighted by Crippen LogP contribution is 2.19. The molecule has 3 heteroatoms. The molecule has 1 heterocycles. The maximum atomic E-state index is 5.89. The van der Waals surface area contributed by atoms with E-state index in [-0.39, 0.29) is 18.4 Å². The number of rotatable bonds is 3. The molecule has 1 atom stereocenters. The number of nitrogens with two attached hydrogens (primary N) is 1. The van der Waals surface area contributed by atoms with Crippen molar-refractivity contribution in [1.82, 2.24) is 0 Å². The minimum atomic E-state index is 0. The summed E-state index contributed by atoms with van der Waals surface area (Å²) in [7, 11) is 0. The molecule has 0 spiro atoms. The van der Waals surface area contributed by atoms with Crippen LogP contribution in [0.3, 0.4) is 0 Å². The fourth-order valence-corrected chi connectivity index (χ4v) is 1.70. The lowest BCUT2D eigenvalue weighted by atomic mass is 10.0. The fourth-order valence-electron chi connectivity index (χ4n) is 0.979.